The number of hydrogen-bond donors (Lipinski definition) is 1. The largest absolute Gasteiger partial charge is 0.495 e. The van der Waals surface area contributed by atoms with Gasteiger partial charge in [0.25, 0.3) is 5.91 Å². The SMILES string of the molecule is COc1ccccc1N1CCN(C(=O)c2n[nH]c3c2CCCCC3)CC1. The van der Waals surface area contributed by atoms with Crippen LogP contribution in [0, 0.1) is 0 Å². The summed E-state index contributed by atoms with van der Waals surface area (Å²) >= 11 is 0. The maximum absolute atomic E-state index is 13.0. The van der Waals surface area contributed by atoms with Crippen LogP contribution < -0.4 is 9.64 Å². The summed E-state index contributed by atoms with van der Waals surface area (Å²) in [5.41, 5.74) is 4.06. The van der Waals surface area contributed by atoms with Crippen LogP contribution in [0.2, 0.25) is 0 Å². The lowest BCUT2D eigenvalue weighted by molar-refractivity contribution is 0.0739. The number of para-hydroxylation sites is 2. The summed E-state index contributed by atoms with van der Waals surface area (Å²) in [6.07, 6.45) is 5.54. The van der Waals surface area contributed by atoms with Crippen molar-refractivity contribution >= 4 is 11.6 Å². The van der Waals surface area contributed by atoms with Crippen LogP contribution in [-0.4, -0.2) is 54.3 Å². The number of carbonyl (C=O) groups is 1. The second-order valence-electron chi connectivity index (χ2n) is 7.04. The third-order valence-corrected chi connectivity index (χ3v) is 5.50. The van der Waals surface area contributed by atoms with Crippen LogP contribution in [0.1, 0.15) is 41.0 Å². The number of amides is 1. The van der Waals surface area contributed by atoms with Crippen molar-refractivity contribution in [3.63, 3.8) is 0 Å². The molecule has 6 nitrogen and oxygen atoms in total. The molecule has 0 radical (unpaired) electrons. The molecule has 0 atom stereocenters. The highest BCUT2D eigenvalue weighted by Gasteiger charge is 2.28. The molecule has 2 aliphatic rings. The van der Waals surface area contributed by atoms with Crippen molar-refractivity contribution in [2.75, 3.05) is 38.2 Å². The van der Waals surface area contributed by atoms with E-state index >= 15 is 0 Å². The maximum Gasteiger partial charge on any atom is 0.274 e. The number of benzene rings is 1. The van der Waals surface area contributed by atoms with Crippen LogP contribution in [0.4, 0.5) is 5.69 Å². The Hall–Kier alpha value is -2.50. The van der Waals surface area contributed by atoms with Crippen molar-refractivity contribution in [2.24, 2.45) is 0 Å². The van der Waals surface area contributed by atoms with E-state index in [-0.39, 0.29) is 5.91 Å². The van der Waals surface area contributed by atoms with E-state index in [4.69, 9.17) is 4.74 Å². The van der Waals surface area contributed by atoms with Crippen molar-refractivity contribution in [3.05, 3.63) is 41.2 Å². The fraction of sp³-hybridized carbons (Fsp3) is 0.500. The van der Waals surface area contributed by atoms with Gasteiger partial charge in [-0.05, 0) is 37.8 Å². The first kappa shape index (κ1) is 16.9. The Labute approximate surface area is 154 Å². The zero-order chi connectivity index (χ0) is 17.9. The Balaban J connectivity index is 1.45. The molecule has 26 heavy (non-hydrogen) atoms. The minimum atomic E-state index is 0.0732. The Morgan fingerprint density at radius 2 is 1.85 bits per heavy atom. The molecule has 0 saturated carbocycles. The maximum atomic E-state index is 13.0. The minimum Gasteiger partial charge on any atom is -0.495 e. The van der Waals surface area contributed by atoms with Gasteiger partial charge in [-0.1, -0.05) is 18.6 Å². The van der Waals surface area contributed by atoms with Crippen LogP contribution in [0.15, 0.2) is 24.3 Å². The molecule has 1 aromatic carbocycles. The predicted molar refractivity (Wildman–Crippen MR) is 101 cm³/mol. The van der Waals surface area contributed by atoms with E-state index in [1.807, 2.05) is 23.1 Å². The Kier molecular flexibility index (Phi) is 4.82. The fourth-order valence-electron chi connectivity index (χ4n) is 4.03. The van der Waals surface area contributed by atoms with Crippen molar-refractivity contribution in [1.82, 2.24) is 15.1 Å². The van der Waals surface area contributed by atoms with E-state index < -0.39 is 0 Å². The van der Waals surface area contributed by atoms with Gasteiger partial charge in [-0.15, -0.1) is 0 Å². The molecule has 0 spiro atoms. The summed E-state index contributed by atoms with van der Waals surface area (Å²) in [6, 6.07) is 8.05. The zero-order valence-electron chi connectivity index (χ0n) is 15.3. The molecular weight excluding hydrogens is 328 g/mol. The summed E-state index contributed by atoms with van der Waals surface area (Å²) in [5.74, 6) is 0.953. The van der Waals surface area contributed by atoms with Crippen molar-refractivity contribution in [3.8, 4) is 5.75 Å². The Bertz CT molecular complexity index is 778. The van der Waals surface area contributed by atoms with Crippen LogP contribution in [0.3, 0.4) is 0 Å². The summed E-state index contributed by atoms with van der Waals surface area (Å²) < 4.78 is 5.47. The van der Waals surface area contributed by atoms with Crippen LogP contribution in [0.25, 0.3) is 0 Å². The molecule has 2 heterocycles. The molecule has 6 heteroatoms. The quantitative estimate of drug-likeness (QED) is 0.861. The lowest BCUT2D eigenvalue weighted by Gasteiger charge is -2.36. The van der Waals surface area contributed by atoms with E-state index in [0.717, 1.165) is 49.4 Å². The normalized spacial score (nSPS) is 17.6. The monoisotopic (exact) mass is 354 g/mol. The van der Waals surface area contributed by atoms with Gasteiger partial charge in [-0.2, -0.15) is 5.10 Å². The number of aryl methyl sites for hydroxylation is 1. The summed E-state index contributed by atoms with van der Waals surface area (Å²) in [4.78, 5) is 17.2. The standard InChI is InChI=1S/C20H26N4O2/c1-26-18-10-6-5-9-17(18)23-11-13-24(14-12-23)20(25)19-15-7-3-2-4-8-16(15)21-22-19/h5-6,9-10H,2-4,7-8,11-14H2,1H3,(H,21,22). The summed E-state index contributed by atoms with van der Waals surface area (Å²) in [5, 5.41) is 7.48. The number of anilines is 1. The number of rotatable bonds is 3. The van der Waals surface area contributed by atoms with Gasteiger partial charge in [-0.3, -0.25) is 9.89 Å². The summed E-state index contributed by atoms with van der Waals surface area (Å²) in [6.45, 7) is 3.02. The number of hydrogen-bond acceptors (Lipinski definition) is 4. The molecule has 2 aromatic rings. The lowest BCUT2D eigenvalue weighted by Crippen LogP contribution is -2.49. The van der Waals surface area contributed by atoms with Gasteiger partial charge in [0.1, 0.15) is 5.75 Å². The number of methoxy groups -OCH3 is 1. The highest BCUT2D eigenvalue weighted by Crippen LogP contribution is 2.29. The first-order chi connectivity index (χ1) is 12.8. The molecule has 4 rings (SSSR count). The van der Waals surface area contributed by atoms with Gasteiger partial charge in [0.15, 0.2) is 5.69 Å². The molecular formula is C20H26N4O2. The third-order valence-electron chi connectivity index (χ3n) is 5.50. The number of nitrogens with one attached hydrogen (secondary N) is 1. The average Bonchev–Trinajstić information content (AvgIpc) is 2.95. The third kappa shape index (κ3) is 3.16. The second kappa shape index (κ2) is 7.40. The molecule has 1 saturated heterocycles. The first-order valence-corrected chi connectivity index (χ1v) is 9.51. The number of piperazine rings is 1. The van der Waals surface area contributed by atoms with Crippen LogP contribution in [-0.2, 0) is 12.8 Å². The molecule has 138 valence electrons. The zero-order valence-corrected chi connectivity index (χ0v) is 15.3. The molecule has 1 amide bonds. The van der Waals surface area contributed by atoms with E-state index in [1.165, 1.54) is 18.5 Å². The molecule has 1 N–H and O–H groups in total. The predicted octanol–water partition coefficient (Wildman–Crippen LogP) is 2.65. The lowest BCUT2D eigenvalue weighted by atomic mass is 10.1. The molecule has 1 aliphatic carbocycles. The number of nitrogens with zero attached hydrogens (tertiary/aromatic N) is 3. The number of H-pyrrole nitrogens is 1. The van der Waals surface area contributed by atoms with E-state index in [1.54, 1.807) is 7.11 Å². The van der Waals surface area contributed by atoms with Gasteiger partial charge < -0.3 is 14.5 Å². The first-order valence-electron chi connectivity index (χ1n) is 9.51. The molecule has 1 aromatic heterocycles. The van der Waals surface area contributed by atoms with Gasteiger partial charge in [0.2, 0.25) is 0 Å². The second-order valence-corrected chi connectivity index (χ2v) is 7.04. The van der Waals surface area contributed by atoms with Gasteiger partial charge >= 0.3 is 0 Å². The van der Waals surface area contributed by atoms with Gasteiger partial charge in [0, 0.05) is 37.4 Å². The van der Waals surface area contributed by atoms with E-state index in [2.05, 4.69) is 21.2 Å². The van der Waals surface area contributed by atoms with Crippen LogP contribution >= 0.6 is 0 Å². The fourth-order valence-corrected chi connectivity index (χ4v) is 4.03. The Morgan fingerprint density at radius 3 is 2.65 bits per heavy atom. The van der Waals surface area contributed by atoms with Gasteiger partial charge in [0.05, 0.1) is 12.8 Å². The number of ether oxygens (including phenoxy) is 1. The van der Waals surface area contributed by atoms with Crippen molar-refractivity contribution < 1.29 is 9.53 Å². The van der Waals surface area contributed by atoms with E-state index in [0.29, 0.717) is 18.8 Å². The minimum absolute atomic E-state index is 0.0732. The van der Waals surface area contributed by atoms with Crippen LogP contribution in [0.5, 0.6) is 5.75 Å². The highest BCUT2D eigenvalue weighted by atomic mass is 16.5. The topological polar surface area (TPSA) is 61.5 Å². The molecule has 0 bridgehead atoms. The molecule has 1 fully saturated rings. The van der Waals surface area contributed by atoms with Crippen molar-refractivity contribution in [1.29, 1.82) is 0 Å². The summed E-state index contributed by atoms with van der Waals surface area (Å²) in [7, 11) is 1.70. The number of aromatic amines is 1. The Morgan fingerprint density at radius 1 is 1.08 bits per heavy atom. The average molecular weight is 354 g/mol. The number of aromatic nitrogens is 2. The highest BCUT2D eigenvalue weighted by molar-refractivity contribution is 5.94. The van der Waals surface area contributed by atoms with E-state index in [9.17, 15) is 4.79 Å². The number of carbonyl (C=O) groups excluding carboxylic acids is 1. The van der Waals surface area contributed by atoms with Crippen molar-refractivity contribution in [2.45, 2.75) is 32.1 Å². The number of fused-ring (bicyclic) bond motifs is 1. The molecule has 0 unspecified atom stereocenters. The van der Waals surface area contributed by atoms with Gasteiger partial charge in [-0.25, -0.2) is 0 Å². The molecule has 1 aliphatic heterocycles. The smallest absolute Gasteiger partial charge is 0.274 e.